The number of amides is 2. The highest BCUT2D eigenvalue weighted by Crippen LogP contribution is 2.31. The predicted octanol–water partition coefficient (Wildman–Crippen LogP) is 3.07. The zero-order chi connectivity index (χ0) is 21.3. The number of para-hydroxylation sites is 3. The number of sulfonamides is 1. The van der Waals surface area contributed by atoms with E-state index in [-0.39, 0.29) is 16.4 Å². The molecule has 1 aliphatic heterocycles. The van der Waals surface area contributed by atoms with Crippen molar-refractivity contribution in [3.05, 3.63) is 71.9 Å². The Morgan fingerprint density at radius 2 is 1.83 bits per heavy atom. The van der Waals surface area contributed by atoms with E-state index in [4.69, 9.17) is 0 Å². The quantitative estimate of drug-likeness (QED) is 0.654. The van der Waals surface area contributed by atoms with E-state index in [9.17, 15) is 22.4 Å². The van der Waals surface area contributed by atoms with Crippen molar-refractivity contribution in [2.24, 2.45) is 0 Å². The van der Waals surface area contributed by atoms with E-state index < -0.39 is 34.2 Å². The molecule has 2 amide bonds. The zero-order valence-electron chi connectivity index (χ0n) is 15.5. The fourth-order valence-corrected chi connectivity index (χ4v) is 5.66. The van der Waals surface area contributed by atoms with Crippen molar-refractivity contribution in [2.75, 3.05) is 27.6 Å². The van der Waals surface area contributed by atoms with Gasteiger partial charge in [-0.1, -0.05) is 30.3 Å². The molecule has 154 valence electrons. The number of hydrogen-bond donors (Lipinski definition) is 1. The molecule has 2 aromatic carbocycles. The number of benzene rings is 2. The molecule has 1 aromatic heterocycles. The zero-order valence-corrected chi connectivity index (χ0v) is 17.1. The van der Waals surface area contributed by atoms with Gasteiger partial charge in [-0.2, -0.15) is 0 Å². The van der Waals surface area contributed by atoms with Gasteiger partial charge >= 0.3 is 0 Å². The lowest BCUT2D eigenvalue weighted by Crippen LogP contribution is -2.48. The van der Waals surface area contributed by atoms with E-state index in [1.54, 1.807) is 35.7 Å². The predicted molar refractivity (Wildman–Crippen MR) is 113 cm³/mol. The van der Waals surface area contributed by atoms with Crippen LogP contribution in [0.25, 0.3) is 0 Å². The molecule has 4 rings (SSSR count). The number of carbonyl (C=O) groups is 2. The monoisotopic (exact) mass is 445 g/mol. The fraction of sp³-hybridized carbons (Fsp3) is 0.100. The highest BCUT2D eigenvalue weighted by atomic mass is 32.2. The maximum Gasteiger partial charge on any atom is 0.274 e. The molecule has 0 radical (unpaired) electrons. The van der Waals surface area contributed by atoms with Crippen molar-refractivity contribution in [3.63, 3.8) is 0 Å². The van der Waals surface area contributed by atoms with Crippen molar-refractivity contribution >= 4 is 50.2 Å². The van der Waals surface area contributed by atoms with Crippen LogP contribution in [0.2, 0.25) is 0 Å². The molecule has 10 heteroatoms. The maximum absolute atomic E-state index is 14.5. The van der Waals surface area contributed by atoms with Gasteiger partial charge in [-0.05, 0) is 35.7 Å². The summed E-state index contributed by atoms with van der Waals surface area (Å²) in [6.07, 6.45) is 0. The number of rotatable bonds is 5. The third-order valence-corrected chi connectivity index (χ3v) is 7.64. The highest BCUT2D eigenvalue weighted by Gasteiger charge is 2.34. The number of nitrogens with one attached hydrogen (secondary N) is 1. The van der Waals surface area contributed by atoms with Crippen LogP contribution in [0, 0.1) is 5.82 Å². The van der Waals surface area contributed by atoms with Gasteiger partial charge in [0.25, 0.3) is 10.0 Å². The largest absolute Gasteiger partial charge is 0.323 e. The van der Waals surface area contributed by atoms with Gasteiger partial charge in [0.2, 0.25) is 11.8 Å². The second kappa shape index (κ2) is 7.88. The SMILES string of the molecule is O=C1CN(C(=O)CN(c2ccccc2F)S(=O)(=O)c2cccs2)c2ccccc2N1. The molecular formula is C20H16FN3O4S2. The number of fused-ring (bicyclic) bond motifs is 1. The lowest BCUT2D eigenvalue weighted by molar-refractivity contribution is -0.121. The van der Waals surface area contributed by atoms with Crippen molar-refractivity contribution in [2.45, 2.75) is 4.21 Å². The van der Waals surface area contributed by atoms with Crippen molar-refractivity contribution in [1.82, 2.24) is 0 Å². The van der Waals surface area contributed by atoms with E-state index >= 15 is 0 Å². The molecule has 3 aromatic rings. The van der Waals surface area contributed by atoms with Crippen molar-refractivity contribution in [1.29, 1.82) is 0 Å². The van der Waals surface area contributed by atoms with Gasteiger partial charge in [0.1, 0.15) is 23.1 Å². The number of thiophene rings is 1. The van der Waals surface area contributed by atoms with Gasteiger partial charge in [0.05, 0.1) is 17.1 Å². The molecule has 0 bridgehead atoms. The molecule has 0 spiro atoms. The minimum absolute atomic E-state index is 0.0182. The number of anilines is 3. The lowest BCUT2D eigenvalue weighted by atomic mass is 10.2. The van der Waals surface area contributed by atoms with Crippen molar-refractivity contribution < 1.29 is 22.4 Å². The van der Waals surface area contributed by atoms with Crippen LogP contribution in [-0.4, -0.2) is 33.3 Å². The minimum atomic E-state index is -4.19. The Balaban J connectivity index is 1.74. The van der Waals surface area contributed by atoms with Crippen LogP contribution in [0.4, 0.5) is 21.5 Å². The summed E-state index contributed by atoms with van der Waals surface area (Å²) in [5, 5.41) is 4.25. The van der Waals surface area contributed by atoms with Crippen LogP contribution in [-0.2, 0) is 19.6 Å². The van der Waals surface area contributed by atoms with E-state index in [0.717, 1.165) is 21.7 Å². The van der Waals surface area contributed by atoms with E-state index in [0.29, 0.717) is 11.4 Å². The van der Waals surface area contributed by atoms with Crippen molar-refractivity contribution in [3.8, 4) is 0 Å². The van der Waals surface area contributed by atoms with Gasteiger partial charge in [-0.25, -0.2) is 12.8 Å². The Kier molecular flexibility index (Phi) is 5.27. The van der Waals surface area contributed by atoms with Crippen LogP contribution in [0.1, 0.15) is 0 Å². The molecule has 0 saturated heterocycles. The van der Waals surface area contributed by atoms with E-state index in [1.165, 1.54) is 29.2 Å². The van der Waals surface area contributed by atoms with Gasteiger partial charge in [0.15, 0.2) is 0 Å². The maximum atomic E-state index is 14.5. The van der Waals surface area contributed by atoms with E-state index in [1.807, 2.05) is 0 Å². The first-order valence-corrected chi connectivity index (χ1v) is 11.2. The average molecular weight is 445 g/mol. The first-order chi connectivity index (χ1) is 14.4. The Bertz CT molecular complexity index is 1210. The summed E-state index contributed by atoms with van der Waals surface area (Å²) in [6.45, 7) is -0.928. The van der Waals surface area contributed by atoms with Gasteiger partial charge in [0, 0.05) is 0 Å². The van der Waals surface area contributed by atoms with E-state index in [2.05, 4.69) is 5.32 Å². The third-order valence-electron chi connectivity index (χ3n) is 4.51. The summed E-state index contributed by atoms with van der Waals surface area (Å²) in [7, 11) is -4.19. The summed E-state index contributed by atoms with van der Waals surface area (Å²) in [6, 6.07) is 15.0. The van der Waals surface area contributed by atoms with Gasteiger partial charge in [-0.3, -0.25) is 18.8 Å². The van der Waals surface area contributed by atoms with Crippen LogP contribution >= 0.6 is 11.3 Å². The third kappa shape index (κ3) is 3.66. The minimum Gasteiger partial charge on any atom is -0.323 e. The smallest absolute Gasteiger partial charge is 0.274 e. The van der Waals surface area contributed by atoms with Crippen LogP contribution < -0.4 is 14.5 Å². The van der Waals surface area contributed by atoms with Crippen LogP contribution in [0.15, 0.2) is 70.3 Å². The molecule has 0 atom stereocenters. The normalized spacial score (nSPS) is 13.5. The number of nitrogens with zero attached hydrogens (tertiary/aromatic N) is 2. The Hall–Kier alpha value is -3.24. The molecule has 7 nitrogen and oxygen atoms in total. The van der Waals surface area contributed by atoms with Gasteiger partial charge in [-0.15, -0.1) is 11.3 Å². The Morgan fingerprint density at radius 1 is 1.10 bits per heavy atom. The summed E-state index contributed by atoms with van der Waals surface area (Å²) < 4.78 is 41.6. The molecule has 0 saturated carbocycles. The topological polar surface area (TPSA) is 86.8 Å². The molecule has 0 unspecified atom stereocenters. The summed E-state index contributed by atoms with van der Waals surface area (Å²) in [4.78, 5) is 26.4. The van der Waals surface area contributed by atoms with Gasteiger partial charge < -0.3 is 5.32 Å². The molecule has 2 heterocycles. The summed E-state index contributed by atoms with van der Waals surface area (Å²) in [5.74, 6) is -1.83. The molecule has 1 aliphatic rings. The fourth-order valence-electron chi connectivity index (χ4n) is 3.14. The second-order valence-corrected chi connectivity index (χ2v) is 9.48. The Morgan fingerprint density at radius 3 is 2.57 bits per heavy atom. The number of halogens is 1. The molecular weight excluding hydrogens is 429 g/mol. The molecule has 1 N–H and O–H groups in total. The standard InChI is InChI=1S/C20H16FN3O4S2/c21-14-6-1-3-8-16(14)24(30(27,28)20-10-5-11-29-20)13-19(26)23-12-18(25)22-15-7-2-4-9-17(15)23/h1-11H,12-13H2,(H,22,25). The summed E-state index contributed by atoms with van der Waals surface area (Å²) in [5.41, 5.74) is 0.652. The Labute approximate surface area is 176 Å². The lowest BCUT2D eigenvalue weighted by Gasteiger charge is -2.31. The van der Waals surface area contributed by atoms with Crippen LogP contribution in [0.3, 0.4) is 0 Å². The highest BCUT2D eigenvalue weighted by molar-refractivity contribution is 7.94. The number of hydrogen-bond acceptors (Lipinski definition) is 5. The molecule has 0 aliphatic carbocycles. The average Bonchev–Trinajstić information content (AvgIpc) is 3.27. The van der Waals surface area contributed by atoms with Crippen LogP contribution in [0.5, 0.6) is 0 Å². The molecule has 30 heavy (non-hydrogen) atoms. The number of carbonyl (C=O) groups excluding carboxylic acids is 2. The second-order valence-electron chi connectivity index (χ2n) is 6.44. The first kappa shape index (κ1) is 20.0. The molecule has 0 fully saturated rings. The first-order valence-electron chi connectivity index (χ1n) is 8.88. The summed E-state index contributed by atoms with van der Waals surface area (Å²) >= 11 is 0.969.